The van der Waals surface area contributed by atoms with Gasteiger partial charge in [0.1, 0.15) is 12.4 Å². The molecule has 0 aromatic heterocycles. The summed E-state index contributed by atoms with van der Waals surface area (Å²) in [6, 6.07) is 16.9. The fourth-order valence-corrected chi connectivity index (χ4v) is 5.51. The van der Waals surface area contributed by atoms with Gasteiger partial charge in [0.15, 0.2) is 0 Å². The van der Waals surface area contributed by atoms with E-state index in [4.69, 9.17) is 0 Å². The Morgan fingerprint density at radius 1 is 0.909 bits per heavy atom. The summed E-state index contributed by atoms with van der Waals surface area (Å²) in [6.45, 7) is 1.85. The van der Waals surface area contributed by atoms with Crippen LogP contribution in [0.3, 0.4) is 0 Å². The van der Waals surface area contributed by atoms with Gasteiger partial charge in [0.25, 0.3) is 0 Å². The molecule has 2 aromatic rings. The standard InChI is InChI=1S/C18H21FNOP/c19-18-8-6-16(7-9-18)14-20(21)10-12-22(13-11-20)15-17-4-2-1-3-5-17/h1-9H,10-15H2. The van der Waals surface area contributed by atoms with Gasteiger partial charge >= 0.3 is 0 Å². The van der Waals surface area contributed by atoms with Crippen LogP contribution in [0.15, 0.2) is 54.6 Å². The highest BCUT2D eigenvalue weighted by Crippen LogP contribution is 2.43. The lowest BCUT2D eigenvalue weighted by atomic mass is 10.2. The first-order valence-electron chi connectivity index (χ1n) is 7.71. The van der Waals surface area contributed by atoms with Crippen molar-refractivity contribution in [1.29, 1.82) is 0 Å². The van der Waals surface area contributed by atoms with Crippen molar-refractivity contribution in [3.05, 3.63) is 76.7 Å². The molecule has 0 spiro atoms. The fraction of sp³-hybridized carbons (Fsp3) is 0.333. The minimum atomic E-state index is -0.244. The number of hydrogen-bond donors (Lipinski definition) is 0. The van der Waals surface area contributed by atoms with E-state index in [1.807, 2.05) is 6.07 Å². The Hall–Kier alpha value is -1.28. The van der Waals surface area contributed by atoms with Crippen molar-refractivity contribution in [1.82, 2.24) is 0 Å². The third-order valence-corrected chi connectivity index (χ3v) is 6.76. The molecule has 1 aliphatic heterocycles. The third kappa shape index (κ3) is 4.13. The lowest BCUT2D eigenvalue weighted by Crippen LogP contribution is -2.48. The normalized spacial score (nSPS) is 25.1. The monoisotopic (exact) mass is 317 g/mol. The number of quaternary nitrogens is 1. The summed E-state index contributed by atoms with van der Waals surface area (Å²) in [4.78, 5) is 0. The van der Waals surface area contributed by atoms with E-state index >= 15 is 0 Å². The lowest BCUT2D eigenvalue weighted by molar-refractivity contribution is -0.890. The van der Waals surface area contributed by atoms with E-state index < -0.39 is 0 Å². The molecule has 0 radical (unpaired) electrons. The SMILES string of the molecule is [O-][N+]1(Cc2ccc(F)cc2)CCP(Cc2ccccc2)CC1. The van der Waals surface area contributed by atoms with Gasteiger partial charge in [0.05, 0.1) is 13.1 Å². The van der Waals surface area contributed by atoms with Crippen LogP contribution in [0, 0.1) is 11.0 Å². The maximum absolute atomic E-state index is 12.9. The highest BCUT2D eigenvalue weighted by atomic mass is 31.1. The summed E-state index contributed by atoms with van der Waals surface area (Å²) in [5.74, 6) is -0.244. The Morgan fingerprint density at radius 2 is 1.55 bits per heavy atom. The Bertz CT molecular complexity index is 594. The summed E-state index contributed by atoms with van der Waals surface area (Å²) in [7, 11) is -0.0619. The number of nitrogens with zero attached hydrogens (tertiary/aromatic N) is 1. The zero-order valence-corrected chi connectivity index (χ0v) is 13.5. The van der Waals surface area contributed by atoms with E-state index in [1.54, 1.807) is 12.1 Å². The molecule has 0 unspecified atom stereocenters. The van der Waals surface area contributed by atoms with Crippen LogP contribution >= 0.6 is 7.92 Å². The molecule has 2 nitrogen and oxygen atoms in total. The van der Waals surface area contributed by atoms with Crippen LogP contribution in [0.25, 0.3) is 0 Å². The second kappa shape index (κ2) is 6.87. The minimum absolute atomic E-state index is 0.0619. The van der Waals surface area contributed by atoms with E-state index in [9.17, 15) is 9.60 Å². The Balaban J connectivity index is 1.55. The number of hydrogen-bond acceptors (Lipinski definition) is 1. The molecule has 1 fully saturated rings. The topological polar surface area (TPSA) is 23.1 Å². The summed E-state index contributed by atoms with van der Waals surface area (Å²) in [6.07, 6.45) is 3.20. The quantitative estimate of drug-likeness (QED) is 0.467. The van der Waals surface area contributed by atoms with Crippen molar-refractivity contribution < 1.29 is 9.04 Å². The van der Waals surface area contributed by atoms with Crippen LogP contribution in [0.5, 0.6) is 0 Å². The number of hydroxylamine groups is 3. The molecule has 0 N–H and O–H groups in total. The van der Waals surface area contributed by atoms with E-state index in [0.29, 0.717) is 19.6 Å². The first-order valence-corrected chi connectivity index (χ1v) is 9.61. The third-order valence-electron chi connectivity index (χ3n) is 4.28. The summed E-state index contributed by atoms with van der Waals surface area (Å²) in [5.41, 5.74) is 2.32. The van der Waals surface area contributed by atoms with Gasteiger partial charge in [-0.2, -0.15) is 0 Å². The van der Waals surface area contributed by atoms with Gasteiger partial charge in [0.2, 0.25) is 0 Å². The van der Waals surface area contributed by atoms with E-state index in [2.05, 4.69) is 24.3 Å². The first kappa shape index (κ1) is 15.6. The lowest BCUT2D eigenvalue weighted by Gasteiger charge is -2.47. The van der Waals surface area contributed by atoms with Gasteiger partial charge in [-0.25, -0.2) is 4.39 Å². The van der Waals surface area contributed by atoms with Gasteiger partial charge in [-0.1, -0.05) is 50.4 Å². The van der Waals surface area contributed by atoms with Crippen molar-refractivity contribution in [2.24, 2.45) is 0 Å². The van der Waals surface area contributed by atoms with E-state index in [1.165, 1.54) is 17.7 Å². The smallest absolute Gasteiger partial charge is 0.123 e. The second-order valence-corrected chi connectivity index (χ2v) is 8.60. The maximum atomic E-state index is 12.9. The highest BCUT2D eigenvalue weighted by Gasteiger charge is 2.26. The molecule has 3 rings (SSSR count). The molecule has 116 valence electrons. The zero-order valence-electron chi connectivity index (χ0n) is 12.6. The molecule has 0 amide bonds. The number of rotatable bonds is 4. The van der Waals surface area contributed by atoms with Crippen LogP contribution in [-0.2, 0) is 12.7 Å². The van der Waals surface area contributed by atoms with Crippen LogP contribution in [-0.4, -0.2) is 30.1 Å². The molecule has 1 saturated heterocycles. The number of benzene rings is 2. The fourth-order valence-electron chi connectivity index (χ4n) is 2.95. The van der Waals surface area contributed by atoms with Crippen molar-refractivity contribution in [3.63, 3.8) is 0 Å². The second-order valence-electron chi connectivity index (χ2n) is 6.05. The van der Waals surface area contributed by atoms with Gasteiger partial charge in [-0.3, -0.25) is 0 Å². The van der Waals surface area contributed by atoms with Crippen molar-refractivity contribution in [2.75, 3.05) is 25.4 Å². The van der Waals surface area contributed by atoms with Crippen LogP contribution < -0.4 is 0 Å². The summed E-state index contributed by atoms with van der Waals surface area (Å²) < 4.78 is 12.8. The summed E-state index contributed by atoms with van der Waals surface area (Å²) >= 11 is 0. The van der Waals surface area contributed by atoms with Gasteiger partial charge < -0.3 is 9.85 Å². The van der Waals surface area contributed by atoms with Crippen molar-refractivity contribution in [2.45, 2.75) is 12.7 Å². The van der Waals surface area contributed by atoms with E-state index in [-0.39, 0.29) is 18.4 Å². The molecule has 2 aromatic carbocycles. The molecular formula is C18H21FNOP. The van der Waals surface area contributed by atoms with Crippen LogP contribution in [0.1, 0.15) is 11.1 Å². The molecular weight excluding hydrogens is 296 g/mol. The average Bonchev–Trinajstić information content (AvgIpc) is 2.53. The zero-order chi connectivity index (χ0) is 15.4. The van der Waals surface area contributed by atoms with Crippen LogP contribution in [0.4, 0.5) is 4.39 Å². The van der Waals surface area contributed by atoms with Crippen molar-refractivity contribution in [3.8, 4) is 0 Å². The summed E-state index contributed by atoms with van der Waals surface area (Å²) in [5, 5.41) is 12.8. The molecule has 0 bridgehead atoms. The molecule has 1 heterocycles. The molecule has 22 heavy (non-hydrogen) atoms. The largest absolute Gasteiger partial charge is 0.633 e. The van der Waals surface area contributed by atoms with Gasteiger partial charge in [0, 0.05) is 17.9 Å². The molecule has 0 aliphatic carbocycles. The minimum Gasteiger partial charge on any atom is -0.633 e. The highest BCUT2D eigenvalue weighted by molar-refractivity contribution is 7.56. The predicted octanol–water partition coefficient (Wildman–Crippen LogP) is 4.34. The first-order chi connectivity index (χ1) is 10.6. The molecule has 4 heteroatoms. The van der Waals surface area contributed by atoms with Gasteiger partial charge in [-0.15, -0.1) is 0 Å². The van der Waals surface area contributed by atoms with E-state index in [0.717, 1.165) is 24.0 Å². The Kier molecular flexibility index (Phi) is 4.87. The average molecular weight is 317 g/mol. The van der Waals surface area contributed by atoms with Crippen molar-refractivity contribution >= 4 is 7.92 Å². The Morgan fingerprint density at radius 3 is 2.18 bits per heavy atom. The molecule has 0 atom stereocenters. The van der Waals surface area contributed by atoms with Crippen LogP contribution in [0.2, 0.25) is 0 Å². The number of halogens is 1. The Labute approximate surface area is 132 Å². The molecule has 0 saturated carbocycles. The molecule has 1 aliphatic rings. The predicted molar refractivity (Wildman–Crippen MR) is 90.3 cm³/mol. The maximum Gasteiger partial charge on any atom is 0.123 e. The van der Waals surface area contributed by atoms with Gasteiger partial charge in [-0.05, 0) is 23.9 Å².